The Kier molecular flexibility index (Phi) is 4.59. The van der Waals surface area contributed by atoms with Crippen LogP contribution in [0.1, 0.15) is 72.1 Å². The highest BCUT2D eigenvalue weighted by Crippen LogP contribution is 2.66. The maximum atomic E-state index is 12.3. The smallest absolute Gasteiger partial charge is 0.302 e. The van der Waals surface area contributed by atoms with Gasteiger partial charge in [0.15, 0.2) is 5.78 Å². The molecule has 4 rings (SSSR count). The summed E-state index contributed by atoms with van der Waals surface area (Å²) in [5.41, 5.74) is 1.20. The lowest BCUT2D eigenvalue weighted by atomic mass is 9.46. The third-order valence-electron chi connectivity index (χ3n) is 8.71. The predicted octanol–water partition coefficient (Wildman–Crippen LogP) is 4.27. The number of rotatable bonds is 3. The summed E-state index contributed by atoms with van der Waals surface area (Å²) in [5.74, 6) is 2.17. The van der Waals surface area contributed by atoms with Crippen LogP contribution >= 0.6 is 0 Å². The second kappa shape index (κ2) is 6.56. The minimum atomic E-state index is -0.235. The molecule has 0 saturated heterocycles. The summed E-state index contributed by atoms with van der Waals surface area (Å²) >= 11 is 0. The van der Waals surface area contributed by atoms with Gasteiger partial charge in [-0.3, -0.25) is 14.4 Å². The maximum Gasteiger partial charge on any atom is 0.302 e. The molecule has 0 aromatic rings. The van der Waals surface area contributed by atoms with E-state index in [4.69, 9.17) is 4.74 Å². The number of hydrogen-bond donors (Lipinski definition) is 0. The summed E-state index contributed by atoms with van der Waals surface area (Å²) in [6.07, 6.45) is 9.60. The number of ketones is 2. The van der Waals surface area contributed by atoms with Gasteiger partial charge in [0.05, 0.1) is 0 Å². The largest absolute Gasteiger partial charge is 0.465 e. The molecule has 0 aliphatic heterocycles. The minimum absolute atomic E-state index is 0.126. The van der Waals surface area contributed by atoms with Crippen LogP contribution in [-0.2, 0) is 19.1 Å². The third-order valence-corrected chi connectivity index (χ3v) is 8.71. The van der Waals surface area contributed by atoms with Crippen LogP contribution in [0.25, 0.3) is 0 Å². The molecule has 0 amide bonds. The van der Waals surface area contributed by atoms with Crippen molar-refractivity contribution in [3.05, 3.63) is 11.6 Å². The molecule has 0 spiro atoms. The van der Waals surface area contributed by atoms with Crippen LogP contribution in [0.5, 0.6) is 0 Å². The van der Waals surface area contributed by atoms with Gasteiger partial charge in [-0.05, 0) is 81.1 Å². The second-order valence-corrected chi connectivity index (χ2v) is 9.77. The summed E-state index contributed by atoms with van der Waals surface area (Å²) in [7, 11) is 0. The summed E-state index contributed by atoms with van der Waals surface area (Å²) in [4.78, 5) is 35.9. The van der Waals surface area contributed by atoms with E-state index in [0.717, 1.165) is 44.9 Å². The molecule has 0 aromatic carbocycles. The number of carbonyl (C=O) groups is 3. The third kappa shape index (κ3) is 2.82. The first-order valence-electron chi connectivity index (χ1n) is 10.7. The molecular weight excluding hydrogens is 340 g/mol. The molecule has 0 heterocycles. The molecule has 3 fully saturated rings. The topological polar surface area (TPSA) is 60.4 Å². The van der Waals surface area contributed by atoms with Gasteiger partial charge >= 0.3 is 5.97 Å². The van der Waals surface area contributed by atoms with Crippen molar-refractivity contribution in [1.29, 1.82) is 0 Å². The summed E-state index contributed by atoms with van der Waals surface area (Å²) in [5, 5.41) is 0. The van der Waals surface area contributed by atoms with E-state index in [-0.39, 0.29) is 28.5 Å². The summed E-state index contributed by atoms with van der Waals surface area (Å²) < 4.78 is 5.58. The second-order valence-electron chi connectivity index (χ2n) is 9.77. The Morgan fingerprint density at radius 3 is 2.56 bits per heavy atom. The highest BCUT2D eigenvalue weighted by atomic mass is 16.5. The molecular formula is C23H32O4. The van der Waals surface area contributed by atoms with Crippen LogP contribution in [0, 0.1) is 34.5 Å². The fraction of sp³-hybridized carbons (Fsp3) is 0.783. The Morgan fingerprint density at radius 1 is 1.07 bits per heavy atom. The summed E-state index contributed by atoms with van der Waals surface area (Å²) in [6.45, 7) is 6.01. The van der Waals surface area contributed by atoms with Gasteiger partial charge in [-0.25, -0.2) is 0 Å². The van der Waals surface area contributed by atoms with Crippen molar-refractivity contribution in [2.75, 3.05) is 6.61 Å². The van der Waals surface area contributed by atoms with Crippen LogP contribution in [0.15, 0.2) is 11.6 Å². The Hall–Kier alpha value is -1.45. The fourth-order valence-corrected chi connectivity index (χ4v) is 7.53. The van der Waals surface area contributed by atoms with E-state index in [1.54, 1.807) is 6.92 Å². The molecule has 0 bridgehead atoms. The van der Waals surface area contributed by atoms with Gasteiger partial charge < -0.3 is 4.74 Å². The zero-order valence-corrected chi connectivity index (χ0v) is 16.9. The van der Waals surface area contributed by atoms with Crippen LogP contribution in [0.4, 0.5) is 0 Å². The molecule has 4 heteroatoms. The maximum absolute atomic E-state index is 12.3. The average Bonchev–Trinajstić information content (AvgIpc) is 2.97. The first-order valence-corrected chi connectivity index (χ1v) is 10.7. The highest BCUT2D eigenvalue weighted by molar-refractivity contribution is 5.91. The van der Waals surface area contributed by atoms with Crippen molar-refractivity contribution in [2.24, 2.45) is 34.5 Å². The standard InChI is InChI=1S/C23H32O4/c1-14(24)19-6-7-20-18-5-4-16-12-17(26)8-11-23(16,13-27-15(2)25)21(18)9-10-22(19,20)3/h12,18-21H,4-11,13H2,1-3H3/t18-,19+,20-,21-,22+,23-/m0/s1. The van der Waals surface area contributed by atoms with Crippen molar-refractivity contribution in [2.45, 2.75) is 72.1 Å². The number of esters is 1. The molecule has 0 aromatic heterocycles. The molecule has 4 nitrogen and oxygen atoms in total. The molecule has 4 aliphatic carbocycles. The lowest BCUT2D eigenvalue weighted by Gasteiger charge is -2.58. The van der Waals surface area contributed by atoms with Crippen LogP contribution in [0.3, 0.4) is 0 Å². The van der Waals surface area contributed by atoms with Crippen molar-refractivity contribution >= 4 is 17.5 Å². The number of carbonyl (C=O) groups excluding carboxylic acids is 3. The zero-order valence-electron chi connectivity index (χ0n) is 16.9. The molecule has 3 saturated carbocycles. The highest BCUT2D eigenvalue weighted by Gasteiger charge is 2.61. The molecule has 27 heavy (non-hydrogen) atoms. The molecule has 148 valence electrons. The first-order chi connectivity index (χ1) is 12.8. The molecule has 0 unspecified atom stereocenters. The number of fused-ring (bicyclic) bond motifs is 5. The van der Waals surface area contributed by atoms with Gasteiger partial charge in [0.2, 0.25) is 0 Å². The quantitative estimate of drug-likeness (QED) is 0.694. The Labute approximate surface area is 162 Å². The Morgan fingerprint density at radius 2 is 1.85 bits per heavy atom. The van der Waals surface area contributed by atoms with Crippen LogP contribution in [-0.4, -0.2) is 24.1 Å². The molecule has 4 aliphatic rings. The fourth-order valence-electron chi connectivity index (χ4n) is 7.53. The van der Waals surface area contributed by atoms with Crippen molar-refractivity contribution in [3.63, 3.8) is 0 Å². The minimum Gasteiger partial charge on any atom is -0.465 e. The molecule has 6 atom stereocenters. The van der Waals surface area contributed by atoms with Gasteiger partial charge in [-0.1, -0.05) is 12.5 Å². The van der Waals surface area contributed by atoms with E-state index in [0.29, 0.717) is 36.6 Å². The number of Topliss-reactive ketones (excluding diaryl/α,β-unsaturated/α-hetero) is 1. The van der Waals surface area contributed by atoms with Crippen LogP contribution in [0.2, 0.25) is 0 Å². The average molecular weight is 373 g/mol. The van der Waals surface area contributed by atoms with E-state index >= 15 is 0 Å². The lowest BCUT2D eigenvalue weighted by Crippen LogP contribution is -2.53. The van der Waals surface area contributed by atoms with Crippen molar-refractivity contribution in [3.8, 4) is 0 Å². The lowest BCUT2D eigenvalue weighted by molar-refractivity contribution is -0.150. The normalized spacial score (nSPS) is 43.2. The van der Waals surface area contributed by atoms with E-state index in [1.165, 1.54) is 12.5 Å². The van der Waals surface area contributed by atoms with Crippen LogP contribution < -0.4 is 0 Å². The van der Waals surface area contributed by atoms with Gasteiger partial charge in [0, 0.05) is 24.7 Å². The van der Waals surface area contributed by atoms with Crippen molar-refractivity contribution in [1.82, 2.24) is 0 Å². The van der Waals surface area contributed by atoms with Gasteiger partial charge in [0.25, 0.3) is 0 Å². The van der Waals surface area contributed by atoms with E-state index in [9.17, 15) is 14.4 Å². The van der Waals surface area contributed by atoms with Crippen molar-refractivity contribution < 1.29 is 19.1 Å². The van der Waals surface area contributed by atoms with E-state index in [2.05, 4.69) is 6.92 Å². The summed E-state index contributed by atoms with van der Waals surface area (Å²) in [6, 6.07) is 0. The zero-order chi connectivity index (χ0) is 19.4. The predicted molar refractivity (Wildman–Crippen MR) is 102 cm³/mol. The van der Waals surface area contributed by atoms with Gasteiger partial charge in [-0.2, -0.15) is 0 Å². The van der Waals surface area contributed by atoms with Gasteiger partial charge in [0.1, 0.15) is 12.4 Å². The Balaban J connectivity index is 1.68. The molecule has 0 N–H and O–H groups in total. The monoisotopic (exact) mass is 372 g/mol. The van der Waals surface area contributed by atoms with Gasteiger partial charge in [-0.15, -0.1) is 0 Å². The van der Waals surface area contributed by atoms with E-state index in [1.807, 2.05) is 6.08 Å². The first kappa shape index (κ1) is 18.9. The van der Waals surface area contributed by atoms with E-state index < -0.39 is 0 Å². The number of hydrogen-bond acceptors (Lipinski definition) is 4. The SMILES string of the molecule is CC(=O)OC[C@@]12CCC(=O)C=C1CC[C@@H]1[C@@H]2CC[C@]2(C)[C@@H](C(C)=O)CC[C@@H]12. The Bertz CT molecular complexity index is 707. The molecule has 0 radical (unpaired) electrons. The number of ether oxygens (including phenoxy) is 1.